The van der Waals surface area contributed by atoms with Gasteiger partial charge >= 0.3 is 0 Å². The third-order valence-electron chi connectivity index (χ3n) is 3.83. The minimum Gasteiger partial charge on any atom is -0.306 e. The standard InChI is InChI=1S/C13H23N3/c1-3-11-5-4-6-12(9-11)15-10(2)13-7-8-14-16-13/h7-8,10-12,15H,3-6,9H2,1-2H3,(H,14,16). The summed E-state index contributed by atoms with van der Waals surface area (Å²) in [5.74, 6) is 0.931. The summed E-state index contributed by atoms with van der Waals surface area (Å²) in [6, 6.07) is 3.14. The molecule has 1 saturated carbocycles. The average Bonchev–Trinajstić information content (AvgIpc) is 2.83. The fraction of sp³-hybridized carbons (Fsp3) is 0.769. The first-order chi connectivity index (χ1) is 7.79. The fourth-order valence-electron chi connectivity index (χ4n) is 2.76. The number of nitrogens with zero attached hydrogens (tertiary/aromatic N) is 1. The number of rotatable bonds is 4. The zero-order chi connectivity index (χ0) is 11.4. The van der Waals surface area contributed by atoms with Gasteiger partial charge in [-0.3, -0.25) is 5.10 Å². The Balaban J connectivity index is 1.84. The van der Waals surface area contributed by atoms with Crippen molar-refractivity contribution in [3.05, 3.63) is 18.0 Å². The predicted molar refractivity (Wildman–Crippen MR) is 66.2 cm³/mol. The quantitative estimate of drug-likeness (QED) is 0.820. The van der Waals surface area contributed by atoms with Crippen LogP contribution in [0.2, 0.25) is 0 Å². The van der Waals surface area contributed by atoms with Crippen LogP contribution in [-0.2, 0) is 0 Å². The summed E-state index contributed by atoms with van der Waals surface area (Å²) in [4.78, 5) is 0. The van der Waals surface area contributed by atoms with E-state index in [-0.39, 0.29) is 0 Å². The van der Waals surface area contributed by atoms with Crippen molar-refractivity contribution in [2.24, 2.45) is 5.92 Å². The van der Waals surface area contributed by atoms with Crippen molar-refractivity contribution in [1.29, 1.82) is 0 Å². The highest BCUT2D eigenvalue weighted by Gasteiger charge is 2.22. The van der Waals surface area contributed by atoms with Crippen molar-refractivity contribution in [3.63, 3.8) is 0 Å². The maximum absolute atomic E-state index is 4.00. The van der Waals surface area contributed by atoms with Gasteiger partial charge in [-0.2, -0.15) is 5.10 Å². The molecule has 3 heteroatoms. The number of aromatic nitrogens is 2. The first kappa shape index (κ1) is 11.6. The number of hydrogen-bond donors (Lipinski definition) is 2. The van der Waals surface area contributed by atoms with Crippen LogP contribution < -0.4 is 5.32 Å². The molecule has 90 valence electrons. The van der Waals surface area contributed by atoms with Gasteiger partial charge in [-0.05, 0) is 31.7 Å². The lowest BCUT2D eigenvalue weighted by atomic mass is 9.84. The third kappa shape index (κ3) is 2.85. The van der Waals surface area contributed by atoms with E-state index in [1.165, 1.54) is 37.8 Å². The maximum Gasteiger partial charge on any atom is 0.0518 e. The highest BCUT2D eigenvalue weighted by atomic mass is 15.1. The largest absolute Gasteiger partial charge is 0.306 e. The van der Waals surface area contributed by atoms with Gasteiger partial charge in [0.25, 0.3) is 0 Å². The van der Waals surface area contributed by atoms with E-state index in [4.69, 9.17) is 0 Å². The van der Waals surface area contributed by atoms with Crippen molar-refractivity contribution in [2.45, 2.75) is 58.0 Å². The molecule has 0 aliphatic heterocycles. The first-order valence-electron chi connectivity index (χ1n) is 6.55. The molecular formula is C13H23N3. The number of nitrogens with one attached hydrogen (secondary N) is 2. The molecule has 1 aliphatic carbocycles. The van der Waals surface area contributed by atoms with Gasteiger partial charge in [0.15, 0.2) is 0 Å². The van der Waals surface area contributed by atoms with Gasteiger partial charge in [0.1, 0.15) is 0 Å². The monoisotopic (exact) mass is 221 g/mol. The summed E-state index contributed by atoms with van der Waals surface area (Å²) >= 11 is 0. The zero-order valence-corrected chi connectivity index (χ0v) is 10.4. The van der Waals surface area contributed by atoms with E-state index >= 15 is 0 Å². The van der Waals surface area contributed by atoms with Crippen molar-refractivity contribution in [3.8, 4) is 0 Å². The number of aromatic amines is 1. The SMILES string of the molecule is CCC1CCCC(NC(C)c2ccn[nH]2)C1. The summed E-state index contributed by atoms with van der Waals surface area (Å²) in [6.07, 6.45) is 8.63. The summed E-state index contributed by atoms with van der Waals surface area (Å²) in [5, 5.41) is 10.8. The van der Waals surface area contributed by atoms with E-state index in [1.54, 1.807) is 0 Å². The number of hydrogen-bond acceptors (Lipinski definition) is 2. The Hall–Kier alpha value is -0.830. The molecule has 1 aliphatic rings. The van der Waals surface area contributed by atoms with Crippen molar-refractivity contribution in [2.75, 3.05) is 0 Å². The lowest BCUT2D eigenvalue weighted by Crippen LogP contribution is -2.35. The van der Waals surface area contributed by atoms with Gasteiger partial charge < -0.3 is 5.32 Å². The molecule has 1 fully saturated rings. The molecule has 0 bridgehead atoms. The lowest BCUT2D eigenvalue weighted by molar-refractivity contribution is 0.265. The van der Waals surface area contributed by atoms with Crippen LogP contribution >= 0.6 is 0 Å². The average molecular weight is 221 g/mol. The van der Waals surface area contributed by atoms with E-state index in [0.29, 0.717) is 12.1 Å². The molecule has 0 spiro atoms. The van der Waals surface area contributed by atoms with Crippen LogP contribution in [0.25, 0.3) is 0 Å². The second-order valence-corrected chi connectivity index (χ2v) is 5.04. The van der Waals surface area contributed by atoms with Gasteiger partial charge in [0.2, 0.25) is 0 Å². The van der Waals surface area contributed by atoms with E-state index < -0.39 is 0 Å². The van der Waals surface area contributed by atoms with Crippen LogP contribution in [0.15, 0.2) is 12.3 Å². The topological polar surface area (TPSA) is 40.7 Å². The summed E-state index contributed by atoms with van der Waals surface area (Å²) < 4.78 is 0. The van der Waals surface area contributed by atoms with Crippen molar-refractivity contribution < 1.29 is 0 Å². The molecular weight excluding hydrogens is 198 g/mol. The second kappa shape index (κ2) is 5.48. The second-order valence-electron chi connectivity index (χ2n) is 5.04. The smallest absolute Gasteiger partial charge is 0.0518 e. The molecule has 3 atom stereocenters. The Kier molecular flexibility index (Phi) is 3.99. The van der Waals surface area contributed by atoms with E-state index in [0.717, 1.165) is 5.92 Å². The summed E-state index contributed by atoms with van der Waals surface area (Å²) in [7, 11) is 0. The Morgan fingerprint density at radius 3 is 3.12 bits per heavy atom. The van der Waals surface area contributed by atoms with Gasteiger partial charge in [0.05, 0.1) is 5.69 Å². The molecule has 1 heterocycles. The maximum atomic E-state index is 4.00. The van der Waals surface area contributed by atoms with E-state index in [9.17, 15) is 0 Å². The molecule has 0 saturated heterocycles. The van der Waals surface area contributed by atoms with Crippen LogP contribution in [0.1, 0.15) is 57.7 Å². The Morgan fingerprint density at radius 2 is 2.44 bits per heavy atom. The molecule has 1 aromatic rings. The number of H-pyrrole nitrogens is 1. The highest BCUT2D eigenvalue weighted by molar-refractivity contribution is 5.03. The van der Waals surface area contributed by atoms with Crippen LogP contribution in [0.4, 0.5) is 0 Å². The highest BCUT2D eigenvalue weighted by Crippen LogP contribution is 2.27. The zero-order valence-electron chi connectivity index (χ0n) is 10.4. The normalized spacial score (nSPS) is 27.9. The van der Waals surface area contributed by atoms with Crippen LogP contribution in [0.5, 0.6) is 0 Å². The van der Waals surface area contributed by atoms with Crippen LogP contribution in [-0.4, -0.2) is 16.2 Å². The van der Waals surface area contributed by atoms with Crippen molar-refractivity contribution >= 4 is 0 Å². The molecule has 0 radical (unpaired) electrons. The molecule has 0 aromatic carbocycles. The van der Waals surface area contributed by atoms with E-state index in [1.807, 2.05) is 6.20 Å². The first-order valence-corrected chi connectivity index (χ1v) is 6.55. The van der Waals surface area contributed by atoms with Crippen LogP contribution in [0, 0.1) is 5.92 Å². The summed E-state index contributed by atoms with van der Waals surface area (Å²) in [5.41, 5.74) is 1.19. The predicted octanol–water partition coefficient (Wildman–Crippen LogP) is 3.03. The molecule has 2 rings (SSSR count). The van der Waals surface area contributed by atoms with Crippen molar-refractivity contribution in [1.82, 2.24) is 15.5 Å². The Labute approximate surface area is 98.0 Å². The minimum atomic E-state index is 0.392. The minimum absolute atomic E-state index is 0.392. The fourth-order valence-corrected chi connectivity index (χ4v) is 2.76. The molecule has 1 aromatic heterocycles. The molecule has 3 unspecified atom stereocenters. The molecule has 0 amide bonds. The third-order valence-corrected chi connectivity index (χ3v) is 3.83. The van der Waals surface area contributed by atoms with Gasteiger partial charge in [-0.15, -0.1) is 0 Å². The van der Waals surface area contributed by atoms with Gasteiger partial charge in [0, 0.05) is 18.3 Å². The molecule has 3 nitrogen and oxygen atoms in total. The Morgan fingerprint density at radius 1 is 1.56 bits per heavy atom. The van der Waals surface area contributed by atoms with E-state index in [2.05, 4.69) is 35.4 Å². The van der Waals surface area contributed by atoms with Gasteiger partial charge in [-0.25, -0.2) is 0 Å². The molecule has 16 heavy (non-hydrogen) atoms. The van der Waals surface area contributed by atoms with Crippen LogP contribution in [0.3, 0.4) is 0 Å². The lowest BCUT2D eigenvalue weighted by Gasteiger charge is -2.31. The van der Waals surface area contributed by atoms with Gasteiger partial charge in [-0.1, -0.05) is 26.2 Å². The summed E-state index contributed by atoms with van der Waals surface area (Å²) in [6.45, 7) is 4.52. The molecule has 2 N–H and O–H groups in total. The Bertz CT molecular complexity index is 294.